The largest absolute Gasteiger partial charge is 0.495 e. The molecule has 1 aromatic rings. The minimum Gasteiger partial charge on any atom is -0.495 e. The predicted octanol–water partition coefficient (Wildman–Crippen LogP) is 2.06. The van der Waals surface area contributed by atoms with Gasteiger partial charge in [-0.1, -0.05) is 6.92 Å². The van der Waals surface area contributed by atoms with Gasteiger partial charge in [0.15, 0.2) is 0 Å². The maximum absolute atomic E-state index is 11.8. The Labute approximate surface area is 125 Å². The zero-order chi connectivity index (χ0) is 15.1. The lowest BCUT2D eigenvalue weighted by atomic mass is 10.2. The van der Waals surface area contributed by atoms with Gasteiger partial charge in [0.05, 0.1) is 26.0 Å². The van der Waals surface area contributed by atoms with Crippen LogP contribution >= 0.6 is 0 Å². The van der Waals surface area contributed by atoms with E-state index in [1.807, 2.05) is 25.1 Å². The molecule has 0 bridgehead atoms. The molecule has 1 aromatic carbocycles. The van der Waals surface area contributed by atoms with Crippen LogP contribution in [-0.4, -0.2) is 46.0 Å². The Morgan fingerprint density at radius 3 is 2.81 bits per heavy atom. The van der Waals surface area contributed by atoms with E-state index in [4.69, 9.17) is 9.47 Å². The number of amides is 2. The summed E-state index contributed by atoms with van der Waals surface area (Å²) >= 11 is 0. The third-order valence-corrected chi connectivity index (χ3v) is 3.34. The van der Waals surface area contributed by atoms with Crippen LogP contribution < -0.4 is 20.3 Å². The highest BCUT2D eigenvalue weighted by atomic mass is 16.5. The Kier molecular flexibility index (Phi) is 5.68. The molecule has 2 N–H and O–H groups in total. The first-order chi connectivity index (χ1) is 10.2. The first-order valence-corrected chi connectivity index (χ1v) is 7.30. The van der Waals surface area contributed by atoms with Gasteiger partial charge in [0.2, 0.25) is 0 Å². The molecule has 0 aliphatic carbocycles. The summed E-state index contributed by atoms with van der Waals surface area (Å²) < 4.78 is 10.7. The highest BCUT2D eigenvalue weighted by Gasteiger charge is 2.14. The van der Waals surface area contributed by atoms with Crippen molar-refractivity contribution >= 4 is 17.4 Å². The number of hydrogen-bond acceptors (Lipinski definition) is 4. The number of carbonyl (C=O) groups excluding carboxylic acids is 1. The summed E-state index contributed by atoms with van der Waals surface area (Å²) in [7, 11) is 1.60. The molecule has 2 amide bonds. The summed E-state index contributed by atoms with van der Waals surface area (Å²) in [4.78, 5) is 14.0. The van der Waals surface area contributed by atoms with E-state index in [1.54, 1.807) is 7.11 Å². The summed E-state index contributed by atoms with van der Waals surface area (Å²) in [6.07, 6.45) is 0.901. The average molecular weight is 293 g/mol. The van der Waals surface area contributed by atoms with Crippen molar-refractivity contribution in [1.82, 2.24) is 5.32 Å². The van der Waals surface area contributed by atoms with Gasteiger partial charge < -0.3 is 25.0 Å². The SMILES string of the molecule is CCCNC(=O)Nc1cc(N2CCOCC2)ccc1OC. The summed E-state index contributed by atoms with van der Waals surface area (Å²) in [5.41, 5.74) is 1.74. The zero-order valence-corrected chi connectivity index (χ0v) is 12.6. The second-order valence-electron chi connectivity index (χ2n) is 4.86. The number of ether oxygens (including phenoxy) is 2. The Bertz CT molecular complexity index is 473. The van der Waals surface area contributed by atoms with E-state index in [0.29, 0.717) is 18.0 Å². The summed E-state index contributed by atoms with van der Waals surface area (Å²) in [5.74, 6) is 0.652. The number of hydrogen-bond donors (Lipinski definition) is 2. The fourth-order valence-electron chi connectivity index (χ4n) is 2.22. The molecule has 0 aromatic heterocycles. The van der Waals surface area contributed by atoms with Crippen LogP contribution in [0.3, 0.4) is 0 Å². The van der Waals surface area contributed by atoms with E-state index < -0.39 is 0 Å². The molecule has 2 rings (SSSR count). The molecule has 6 heteroatoms. The molecule has 1 aliphatic heterocycles. The van der Waals surface area contributed by atoms with Crippen molar-refractivity contribution in [2.45, 2.75) is 13.3 Å². The normalized spacial score (nSPS) is 14.7. The number of rotatable bonds is 5. The van der Waals surface area contributed by atoms with Crippen molar-refractivity contribution in [2.75, 3.05) is 50.2 Å². The minimum atomic E-state index is -0.214. The molecule has 1 saturated heterocycles. The molecule has 1 aliphatic rings. The van der Waals surface area contributed by atoms with Crippen LogP contribution in [0.15, 0.2) is 18.2 Å². The fourth-order valence-corrected chi connectivity index (χ4v) is 2.22. The van der Waals surface area contributed by atoms with E-state index in [2.05, 4.69) is 15.5 Å². The molecule has 0 radical (unpaired) electrons. The van der Waals surface area contributed by atoms with Crippen LogP contribution in [0.25, 0.3) is 0 Å². The number of carbonyl (C=O) groups is 1. The van der Waals surface area contributed by atoms with E-state index in [-0.39, 0.29) is 6.03 Å². The van der Waals surface area contributed by atoms with Crippen LogP contribution in [0.2, 0.25) is 0 Å². The van der Waals surface area contributed by atoms with Crippen molar-refractivity contribution in [2.24, 2.45) is 0 Å². The second kappa shape index (κ2) is 7.73. The number of anilines is 2. The number of urea groups is 1. The molecule has 6 nitrogen and oxygen atoms in total. The maximum Gasteiger partial charge on any atom is 0.319 e. The van der Waals surface area contributed by atoms with Gasteiger partial charge in [0.1, 0.15) is 5.75 Å². The number of methoxy groups -OCH3 is 1. The lowest BCUT2D eigenvalue weighted by Crippen LogP contribution is -2.36. The van der Waals surface area contributed by atoms with Crippen molar-refractivity contribution < 1.29 is 14.3 Å². The molecule has 0 atom stereocenters. The Balaban J connectivity index is 2.11. The predicted molar refractivity (Wildman–Crippen MR) is 83.3 cm³/mol. The fraction of sp³-hybridized carbons (Fsp3) is 0.533. The monoisotopic (exact) mass is 293 g/mol. The molecule has 0 unspecified atom stereocenters. The third kappa shape index (κ3) is 4.26. The Morgan fingerprint density at radius 2 is 2.14 bits per heavy atom. The molecule has 1 fully saturated rings. The molecular formula is C15H23N3O3. The van der Waals surface area contributed by atoms with Gasteiger partial charge in [-0.3, -0.25) is 0 Å². The van der Waals surface area contributed by atoms with Crippen molar-refractivity contribution in [3.05, 3.63) is 18.2 Å². The third-order valence-electron chi connectivity index (χ3n) is 3.34. The molecule has 116 valence electrons. The number of benzene rings is 1. The van der Waals surface area contributed by atoms with Crippen molar-refractivity contribution in [1.29, 1.82) is 0 Å². The lowest BCUT2D eigenvalue weighted by Gasteiger charge is -2.29. The van der Waals surface area contributed by atoms with Gasteiger partial charge in [-0.05, 0) is 24.6 Å². The molecule has 21 heavy (non-hydrogen) atoms. The minimum absolute atomic E-state index is 0.214. The molecule has 0 spiro atoms. The Morgan fingerprint density at radius 1 is 1.38 bits per heavy atom. The highest BCUT2D eigenvalue weighted by molar-refractivity contribution is 5.91. The van der Waals surface area contributed by atoms with E-state index in [9.17, 15) is 4.79 Å². The Hall–Kier alpha value is -1.95. The van der Waals surface area contributed by atoms with E-state index in [1.165, 1.54) is 0 Å². The van der Waals surface area contributed by atoms with Crippen LogP contribution in [0.4, 0.5) is 16.2 Å². The van der Waals surface area contributed by atoms with Gasteiger partial charge in [0.25, 0.3) is 0 Å². The molecular weight excluding hydrogens is 270 g/mol. The van der Waals surface area contributed by atoms with Crippen molar-refractivity contribution in [3.63, 3.8) is 0 Å². The van der Waals surface area contributed by atoms with Gasteiger partial charge in [-0.25, -0.2) is 4.79 Å². The number of morpholine rings is 1. The summed E-state index contributed by atoms with van der Waals surface area (Å²) in [6.45, 7) is 5.83. The second-order valence-corrected chi connectivity index (χ2v) is 4.86. The quantitative estimate of drug-likeness (QED) is 0.872. The van der Waals surface area contributed by atoms with Crippen LogP contribution in [0.5, 0.6) is 5.75 Å². The van der Waals surface area contributed by atoms with E-state index >= 15 is 0 Å². The van der Waals surface area contributed by atoms with Crippen LogP contribution in [-0.2, 0) is 4.74 Å². The van der Waals surface area contributed by atoms with Crippen molar-refractivity contribution in [3.8, 4) is 5.75 Å². The standard InChI is InChI=1S/C15H23N3O3/c1-3-6-16-15(19)17-13-11-12(4-5-14(13)20-2)18-7-9-21-10-8-18/h4-5,11H,3,6-10H2,1-2H3,(H2,16,17,19). The maximum atomic E-state index is 11.8. The lowest BCUT2D eigenvalue weighted by molar-refractivity contribution is 0.122. The number of nitrogens with one attached hydrogen (secondary N) is 2. The van der Waals surface area contributed by atoms with Gasteiger partial charge in [-0.15, -0.1) is 0 Å². The molecule has 1 heterocycles. The van der Waals surface area contributed by atoms with E-state index in [0.717, 1.165) is 38.4 Å². The first kappa shape index (κ1) is 15.4. The highest BCUT2D eigenvalue weighted by Crippen LogP contribution is 2.30. The first-order valence-electron chi connectivity index (χ1n) is 7.30. The summed E-state index contributed by atoms with van der Waals surface area (Å²) in [5, 5.41) is 5.63. The zero-order valence-electron chi connectivity index (χ0n) is 12.6. The average Bonchev–Trinajstić information content (AvgIpc) is 2.53. The summed E-state index contributed by atoms with van der Waals surface area (Å²) in [6, 6.07) is 5.60. The van der Waals surface area contributed by atoms with Gasteiger partial charge in [-0.2, -0.15) is 0 Å². The smallest absolute Gasteiger partial charge is 0.319 e. The van der Waals surface area contributed by atoms with Crippen LogP contribution in [0, 0.1) is 0 Å². The van der Waals surface area contributed by atoms with Gasteiger partial charge >= 0.3 is 6.03 Å². The topological polar surface area (TPSA) is 62.8 Å². The number of nitrogens with zero attached hydrogens (tertiary/aromatic N) is 1. The van der Waals surface area contributed by atoms with Crippen LogP contribution in [0.1, 0.15) is 13.3 Å². The molecule has 0 saturated carbocycles. The van der Waals surface area contributed by atoms with Gasteiger partial charge in [0, 0.05) is 25.3 Å².